The zero-order valence-corrected chi connectivity index (χ0v) is 15.6. The average Bonchev–Trinajstić information content (AvgIpc) is 3.17. The van der Waals surface area contributed by atoms with Crippen molar-refractivity contribution in [3.05, 3.63) is 12.2 Å². The zero-order valence-electron chi connectivity index (χ0n) is 15.6. The quantitative estimate of drug-likeness (QED) is 0.379. The van der Waals surface area contributed by atoms with E-state index >= 15 is 0 Å². The summed E-state index contributed by atoms with van der Waals surface area (Å²) in [5.41, 5.74) is -4.85. The van der Waals surface area contributed by atoms with E-state index in [2.05, 4.69) is 11.3 Å². The molecule has 11 heteroatoms. The van der Waals surface area contributed by atoms with Gasteiger partial charge in [-0.05, 0) is 49.4 Å². The molecule has 0 heterocycles. The van der Waals surface area contributed by atoms with Gasteiger partial charge in [-0.3, -0.25) is 4.79 Å². The predicted octanol–water partition coefficient (Wildman–Crippen LogP) is 3.56. The Labute approximate surface area is 163 Å². The third-order valence-corrected chi connectivity index (χ3v) is 5.95. The molecule has 2 fully saturated rings. The molecule has 4 atom stereocenters. The van der Waals surface area contributed by atoms with Gasteiger partial charge in [0.2, 0.25) is 0 Å². The summed E-state index contributed by atoms with van der Waals surface area (Å²) in [5.74, 6) is -3.21. The first kappa shape index (κ1) is 23.5. The molecule has 0 aromatic rings. The summed E-state index contributed by atoms with van der Waals surface area (Å²) in [5, 5.41) is 9.40. The summed E-state index contributed by atoms with van der Waals surface area (Å²) in [6.45, 7) is 3.36. The van der Waals surface area contributed by atoms with Crippen molar-refractivity contribution in [3.8, 4) is 0 Å². The number of halogens is 6. The van der Waals surface area contributed by atoms with Crippen molar-refractivity contribution in [2.75, 3.05) is 13.7 Å². The summed E-state index contributed by atoms with van der Waals surface area (Å²) < 4.78 is 86.9. The first-order valence-electron chi connectivity index (χ1n) is 8.97. The smallest absolute Gasteiger partial charge is 0.426 e. The molecule has 1 N–H and O–H groups in total. The molecule has 2 bridgehead atoms. The number of fused-ring (bicyclic) bond motifs is 2. The molecular weight excluding hydrogens is 410 g/mol. The van der Waals surface area contributed by atoms with Gasteiger partial charge in [0.05, 0.1) is 20.1 Å². The Morgan fingerprint density at radius 2 is 1.52 bits per heavy atom. The Kier molecular flexibility index (Phi) is 6.61. The molecule has 0 spiro atoms. The van der Waals surface area contributed by atoms with Crippen LogP contribution in [0.4, 0.5) is 26.3 Å². The van der Waals surface area contributed by atoms with Gasteiger partial charge in [-0.1, -0.05) is 6.58 Å². The normalized spacial score (nSPS) is 27.0. The fourth-order valence-electron chi connectivity index (χ4n) is 4.34. The maximum absolute atomic E-state index is 12.9. The number of carbonyl (C=O) groups excluding carboxylic acids is 2. The van der Waals surface area contributed by atoms with E-state index in [0.29, 0.717) is 12.8 Å². The molecule has 29 heavy (non-hydrogen) atoms. The Morgan fingerprint density at radius 1 is 1.00 bits per heavy atom. The molecule has 2 aliphatic carbocycles. The molecule has 2 rings (SSSR count). The molecule has 166 valence electrons. The highest BCUT2D eigenvalue weighted by Crippen LogP contribution is 2.57. The summed E-state index contributed by atoms with van der Waals surface area (Å²) in [4.78, 5) is 22.9. The van der Waals surface area contributed by atoms with Crippen molar-refractivity contribution in [2.24, 2.45) is 23.7 Å². The monoisotopic (exact) mass is 432 g/mol. The largest absolute Gasteiger partial charge is 0.469 e. The molecule has 4 unspecified atom stereocenters. The lowest BCUT2D eigenvalue weighted by Crippen LogP contribution is -2.58. The van der Waals surface area contributed by atoms with Crippen molar-refractivity contribution >= 4 is 11.9 Å². The molecule has 0 aliphatic heterocycles. The lowest BCUT2D eigenvalue weighted by Gasteiger charge is -2.37. The minimum absolute atomic E-state index is 0.0598. The van der Waals surface area contributed by atoms with Crippen molar-refractivity contribution in [3.63, 3.8) is 0 Å². The van der Waals surface area contributed by atoms with Crippen LogP contribution in [0.25, 0.3) is 0 Å². The van der Waals surface area contributed by atoms with Crippen molar-refractivity contribution in [2.45, 2.75) is 50.1 Å². The maximum Gasteiger partial charge on any atom is 0.426 e. The van der Waals surface area contributed by atoms with Gasteiger partial charge in [-0.2, -0.15) is 26.3 Å². The second-order valence-corrected chi connectivity index (χ2v) is 7.76. The van der Waals surface area contributed by atoms with E-state index in [4.69, 9.17) is 4.74 Å². The van der Waals surface area contributed by atoms with Crippen LogP contribution in [0.15, 0.2) is 12.2 Å². The van der Waals surface area contributed by atoms with E-state index in [9.17, 15) is 41.0 Å². The molecule has 0 aromatic carbocycles. The lowest BCUT2D eigenvalue weighted by atomic mass is 9.76. The minimum Gasteiger partial charge on any atom is -0.469 e. The molecular formula is C18H22F6O5. The lowest BCUT2D eigenvalue weighted by molar-refractivity contribution is -0.373. The van der Waals surface area contributed by atoms with Crippen LogP contribution in [0.5, 0.6) is 0 Å². The first-order valence-corrected chi connectivity index (χ1v) is 8.97. The van der Waals surface area contributed by atoms with E-state index in [1.165, 1.54) is 0 Å². The standard InChI is InChI=1S/C18H22F6O5/c1-9(3-14(25)28-2)15(26)29-8-13-6-10-4-11(13)5-12(10)7-16(27,17(19,20)21)18(22,23)24/h10-13,27H,1,3-8H2,2H3. The summed E-state index contributed by atoms with van der Waals surface area (Å²) >= 11 is 0. The van der Waals surface area contributed by atoms with Crippen LogP contribution in [0, 0.1) is 23.7 Å². The molecule has 0 amide bonds. The highest BCUT2D eigenvalue weighted by molar-refractivity contribution is 5.93. The highest BCUT2D eigenvalue weighted by atomic mass is 19.4. The Morgan fingerprint density at radius 3 is 1.97 bits per heavy atom. The second kappa shape index (κ2) is 8.16. The van der Waals surface area contributed by atoms with Crippen LogP contribution in [-0.2, 0) is 19.1 Å². The van der Waals surface area contributed by atoms with Crippen molar-refractivity contribution < 1.29 is 50.5 Å². The Bertz CT molecular complexity index is 642. The third-order valence-electron chi connectivity index (χ3n) is 5.95. The number of methoxy groups -OCH3 is 1. The number of aliphatic hydroxyl groups is 1. The third kappa shape index (κ3) is 4.87. The SMILES string of the molecule is C=C(CC(=O)OC)C(=O)OCC1CC2CC1CC2CC(O)(C(F)(F)F)C(F)(F)F. The summed E-state index contributed by atoms with van der Waals surface area (Å²) in [6, 6.07) is 0. The Balaban J connectivity index is 1.90. The number of rotatable bonds is 7. The number of ether oxygens (including phenoxy) is 2. The van der Waals surface area contributed by atoms with Crippen LogP contribution in [-0.4, -0.2) is 48.7 Å². The predicted molar refractivity (Wildman–Crippen MR) is 86.2 cm³/mol. The van der Waals surface area contributed by atoms with Crippen LogP contribution < -0.4 is 0 Å². The van der Waals surface area contributed by atoms with E-state index in [0.717, 1.165) is 7.11 Å². The first-order chi connectivity index (χ1) is 13.2. The number of esters is 2. The Hall–Kier alpha value is -1.78. The van der Waals surface area contributed by atoms with Gasteiger partial charge in [0, 0.05) is 5.57 Å². The molecule has 0 aromatic heterocycles. The van der Waals surface area contributed by atoms with Gasteiger partial charge in [0.1, 0.15) is 0 Å². The molecule has 2 aliphatic rings. The zero-order chi connectivity index (χ0) is 22.2. The molecule has 2 saturated carbocycles. The van der Waals surface area contributed by atoms with E-state index in [1.807, 2.05) is 0 Å². The van der Waals surface area contributed by atoms with Gasteiger partial charge in [0.15, 0.2) is 0 Å². The van der Waals surface area contributed by atoms with Gasteiger partial charge in [0.25, 0.3) is 5.60 Å². The second-order valence-electron chi connectivity index (χ2n) is 7.76. The number of carbonyl (C=O) groups is 2. The highest BCUT2D eigenvalue weighted by Gasteiger charge is 2.71. The number of alkyl halides is 6. The van der Waals surface area contributed by atoms with Crippen LogP contribution >= 0.6 is 0 Å². The topological polar surface area (TPSA) is 72.8 Å². The minimum atomic E-state index is -5.82. The van der Waals surface area contributed by atoms with Crippen molar-refractivity contribution in [1.82, 2.24) is 0 Å². The van der Waals surface area contributed by atoms with Gasteiger partial charge >= 0.3 is 24.3 Å². The summed E-state index contributed by atoms with van der Waals surface area (Å²) in [6.07, 6.45) is -12.6. The van der Waals surface area contributed by atoms with Crippen LogP contribution in [0.3, 0.4) is 0 Å². The van der Waals surface area contributed by atoms with Gasteiger partial charge in [-0.15, -0.1) is 0 Å². The van der Waals surface area contributed by atoms with Gasteiger partial charge < -0.3 is 14.6 Å². The maximum atomic E-state index is 12.9. The summed E-state index contributed by atoms with van der Waals surface area (Å²) in [7, 11) is 1.14. The number of hydrogen-bond donors (Lipinski definition) is 1. The fraction of sp³-hybridized carbons (Fsp3) is 0.778. The van der Waals surface area contributed by atoms with E-state index in [1.54, 1.807) is 0 Å². The molecule has 0 radical (unpaired) electrons. The van der Waals surface area contributed by atoms with E-state index in [-0.39, 0.29) is 36.9 Å². The number of hydrogen-bond acceptors (Lipinski definition) is 5. The van der Waals surface area contributed by atoms with Crippen LogP contribution in [0.1, 0.15) is 32.1 Å². The van der Waals surface area contributed by atoms with Crippen molar-refractivity contribution in [1.29, 1.82) is 0 Å². The van der Waals surface area contributed by atoms with Gasteiger partial charge in [-0.25, -0.2) is 4.79 Å². The fourth-order valence-corrected chi connectivity index (χ4v) is 4.34. The van der Waals surface area contributed by atoms with Crippen LogP contribution in [0.2, 0.25) is 0 Å². The average molecular weight is 432 g/mol. The molecule has 0 saturated heterocycles. The van der Waals surface area contributed by atoms with E-state index < -0.39 is 48.1 Å². The molecule has 5 nitrogen and oxygen atoms in total.